The minimum absolute atomic E-state index is 0.0350. The van der Waals surface area contributed by atoms with Gasteiger partial charge < -0.3 is 5.73 Å². The Bertz CT molecular complexity index is 607. The molecule has 0 atom stereocenters. The van der Waals surface area contributed by atoms with Crippen molar-refractivity contribution in [1.82, 2.24) is 9.59 Å². The number of benzene rings is 1. The summed E-state index contributed by atoms with van der Waals surface area (Å²) in [4.78, 5) is -0.247. The van der Waals surface area contributed by atoms with Crippen molar-refractivity contribution in [2.75, 3.05) is 10.5 Å². The lowest BCUT2D eigenvalue weighted by Crippen LogP contribution is -2.12. The molecule has 0 saturated carbocycles. The SMILES string of the molecule is Nc1cc(F)cc(S(=O)(=O)Nc2cnns2)c1. The van der Waals surface area contributed by atoms with E-state index in [9.17, 15) is 12.8 Å². The summed E-state index contributed by atoms with van der Waals surface area (Å²) in [5.74, 6) is -0.715. The highest BCUT2D eigenvalue weighted by Gasteiger charge is 2.16. The van der Waals surface area contributed by atoms with Crippen LogP contribution in [0.1, 0.15) is 0 Å². The lowest BCUT2D eigenvalue weighted by Gasteiger charge is -2.06. The predicted molar refractivity (Wildman–Crippen MR) is 61.5 cm³/mol. The van der Waals surface area contributed by atoms with Crippen molar-refractivity contribution >= 4 is 32.2 Å². The summed E-state index contributed by atoms with van der Waals surface area (Å²) < 4.78 is 42.4. The zero-order valence-electron chi connectivity index (χ0n) is 8.29. The van der Waals surface area contributed by atoms with Gasteiger partial charge in [0.1, 0.15) is 10.8 Å². The first-order valence-corrected chi connectivity index (χ1v) is 6.59. The molecule has 0 radical (unpaired) electrons. The highest BCUT2D eigenvalue weighted by Crippen LogP contribution is 2.20. The first-order chi connectivity index (χ1) is 7.97. The maximum absolute atomic E-state index is 13.0. The van der Waals surface area contributed by atoms with E-state index in [1.54, 1.807) is 0 Å². The monoisotopic (exact) mass is 274 g/mol. The quantitative estimate of drug-likeness (QED) is 0.815. The summed E-state index contributed by atoms with van der Waals surface area (Å²) in [5.41, 5.74) is 5.41. The Morgan fingerprint density at radius 1 is 1.35 bits per heavy atom. The first-order valence-electron chi connectivity index (χ1n) is 4.33. The Labute approximate surface area is 100 Å². The van der Waals surface area contributed by atoms with E-state index in [1.165, 1.54) is 12.3 Å². The van der Waals surface area contributed by atoms with Crippen LogP contribution in [0.15, 0.2) is 29.3 Å². The lowest BCUT2D eigenvalue weighted by atomic mass is 10.3. The van der Waals surface area contributed by atoms with Crippen molar-refractivity contribution in [3.8, 4) is 0 Å². The van der Waals surface area contributed by atoms with Gasteiger partial charge in [-0.15, -0.1) is 5.10 Å². The van der Waals surface area contributed by atoms with Gasteiger partial charge in [-0.1, -0.05) is 4.49 Å². The first kappa shape index (κ1) is 11.7. The summed E-state index contributed by atoms with van der Waals surface area (Å²) >= 11 is 0.876. The largest absolute Gasteiger partial charge is 0.399 e. The fraction of sp³-hybridized carbons (Fsp3) is 0. The van der Waals surface area contributed by atoms with Gasteiger partial charge in [0.2, 0.25) is 0 Å². The molecule has 90 valence electrons. The van der Waals surface area contributed by atoms with Crippen LogP contribution in [-0.4, -0.2) is 18.0 Å². The summed E-state index contributed by atoms with van der Waals surface area (Å²) in [5, 5.41) is 3.72. The van der Waals surface area contributed by atoms with E-state index in [0.29, 0.717) is 0 Å². The van der Waals surface area contributed by atoms with Gasteiger partial charge in [-0.25, -0.2) is 12.8 Å². The Hall–Kier alpha value is -1.74. The van der Waals surface area contributed by atoms with Crippen molar-refractivity contribution in [2.45, 2.75) is 4.90 Å². The predicted octanol–water partition coefficient (Wildman–Crippen LogP) is 1.06. The van der Waals surface area contributed by atoms with Crippen LogP contribution in [0, 0.1) is 5.82 Å². The number of hydrogen-bond acceptors (Lipinski definition) is 6. The number of rotatable bonds is 3. The topological polar surface area (TPSA) is 98.0 Å². The van der Waals surface area contributed by atoms with E-state index in [-0.39, 0.29) is 15.6 Å². The van der Waals surface area contributed by atoms with Crippen LogP contribution >= 0.6 is 11.5 Å². The fourth-order valence-corrected chi connectivity index (χ4v) is 2.89. The maximum Gasteiger partial charge on any atom is 0.262 e. The van der Waals surface area contributed by atoms with Crippen molar-refractivity contribution in [2.24, 2.45) is 0 Å². The zero-order chi connectivity index (χ0) is 12.5. The molecule has 9 heteroatoms. The summed E-state index contributed by atoms with van der Waals surface area (Å²) in [6.07, 6.45) is 1.25. The molecule has 17 heavy (non-hydrogen) atoms. The van der Waals surface area contributed by atoms with Crippen LogP contribution in [0.5, 0.6) is 0 Å². The minimum Gasteiger partial charge on any atom is -0.399 e. The summed E-state index contributed by atoms with van der Waals surface area (Å²) in [7, 11) is -3.87. The molecule has 0 amide bonds. The van der Waals surface area contributed by atoms with Gasteiger partial charge >= 0.3 is 0 Å². The lowest BCUT2D eigenvalue weighted by molar-refractivity contribution is 0.595. The Morgan fingerprint density at radius 3 is 2.71 bits per heavy atom. The molecule has 0 aliphatic carbocycles. The van der Waals surface area contributed by atoms with Gasteiger partial charge in [0.05, 0.1) is 11.1 Å². The van der Waals surface area contributed by atoms with Crippen molar-refractivity contribution in [1.29, 1.82) is 0 Å². The standard InChI is InChI=1S/C8H7FN4O2S2/c9-5-1-6(10)3-7(2-5)17(14,15)12-8-4-11-13-16-8/h1-4,12H,10H2. The average molecular weight is 274 g/mol. The summed E-state index contributed by atoms with van der Waals surface area (Å²) in [6, 6.07) is 3.08. The second-order valence-electron chi connectivity index (χ2n) is 3.11. The summed E-state index contributed by atoms with van der Waals surface area (Å²) in [6.45, 7) is 0. The molecule has 0 aliphatic rings. The number of nitrogens with two attached hydrogens (primary N) is 1. The number of halogens is 1. The van der Waals surface area contributed by atoms with Crippen LogP contribution in [-0.2, 0) is 10.0 Å². The smallest absolute Gasteiger partial charge is 0.262 e. The highest BCUT2D eigenvalue weighted by molar-refractivity contribution is 7.93. The number of nitrogens with zero attached hydrogens (tertiary/aromatic N) is 2. The van der Waals surface area contributed by atoms with Crippen molar-refractivity contribution in [3.05, 3.63) is 30.2 Å². The molecule has 0 spiro atoms. The van der Waals surface area contributed by atoms with Crippen LogP contribution in [0.3, 0.4) is 0 Å². The number of hydrogen-bond donors (Lipinski definition) is 2. The molecule has 2 rings (SSSR count). The molecule has 1 aromatic carbocycles. The van der Waals surface area contributed by atoms with Gasteiger partial charge in [-0.3, -0.25) is 4.72 Å². The van der Waals surface area contributed by atoms with Gasteiger partial charge in [0, 0.05) is 17.2 Å². The van der Waals surface area contributed by atoms with E-state index in [4.69, 9.17) is 5.73 Å². The second kappa shape index (κ2) is 4.26. The second-order valence-corrected chi connectivity index (χ2v) is 5.58. The molecular weight excluding hydrogens is 267 g/mol. The molecule has 0 unspecified atom stereocenters. The molecule has 0 fully saturated rings. The van der Waals surface area contributed by atoms with Crippen molar-refractivity contribution < 1.29 is 12.8 Å². The average Bonchev–Trinajstić information content (AvgIpc) is 2.68. The van der Waals surface area contributed by atoms with Crippen molar-refractivity contribution in [3.63, 3.8) is 0 Å². The number of aromatic nitrogens is 2. The van der Waals surface area contributed by atoms with E-state index in [0.717, 1.165) is 23.7 Å². The fourth-order valence-electron chi connectivity index (χ4n) is 1.14. The Balaban J connectivity index is 2.38. The van der Waals surface area contributed by atoms with Gasteiger partial charge in [0.15, 0.2) is 0 Å². The number of nitrogens with one attached hydrogen (secondary N) is 1. The molecule has 2 aromatic rings. The molecule has 3 N–H and O–H groups in total. The molecule has 0 saturated heterocycles. The van der Waals surface area contributed by atoms with Crippen LogP contribution in [0.4, 0.5) is 15.1 Å². The molecule has 6 nitrogen and oxygen atoms in total. The van der Waals surface area contributed by atoms with Crippen LogP contribution in [0.25, 0.3) is 0 Å². The number of nitrogen functional groups attached to an aromatic ring is 1. The molecular formula is C8H7FN4O2S2. The normalized spacial score (nSPS) is 11.4. The Morgan fingerprint density at radius 2 is 2.12 bits per heavy atom. The van der Waals surface area contributed by atoms with E-state index in [2.05, 4.69) is 14.3 Å². The molecule has 1 heterocycles. The number of anilines is 2. The third kappa shape index (κ3) is 2.68. The third-order valence-electron chi connectivity index (χ3n) is 1.80. The zero-order valence-corrected chi connectivity index (χ0v) is 9.93. The molecule has 1 aromatic heterocycles. The van der Waals surface area contributed by atoms with Gasteiger partial charge in [-0.2, -0.15) is 0 Å². The van der Waals surface area contributed by atoms with Crippen LogP contribution < -0.4 is 10.5 Å². The van der Waals surface area contributed by atoms with Gasteiger partial charge in [0.25, 0.3) is 10.0 Å². The minimum atomic E-state index is -3.87. The number of sulfonamides is 1. The molecule has 0 aliphatic heterocycles. The van der Waals surface area contributed by atoms with Gasteiger partial charge in [-0.05, 0) is 18.2 Å². The van der Waals surface area contributed by atoms with E-state index in [1.807, 2.05) is 0 Å². The highest BCUT2D eigenvalue weighted by atomic mass is 32.2. The molecule has 0 bridgehead atoms. The van der Waals surface area contributed by atoms with Crippen LogP contribution in [0.2, 0.25) is 0 Å². The van der Waals surface area contributed by atoms with E-state index >= 15 is 0 Å². The third-order valence-corrected chi connectivity index (χ3v) is 3.85. The maximum atomic E-state index is 13.0. The Kier molecular flexibility index (Phi) is 2.94. The van der Waals surface area contributed by atoms with E-state index < -0.39 is 15.8 Å².